The number of nitrogens with one attached hydrogen (secondary N) is 1. The molecule has 1 N–H and O–H groups in total. The maximum absolute atomic E-state index is 13.2. The largest absolute Gasteiger partial charge is 0.345 e. The summed E-state index contributed by atoms with van der Waals surface area (Å²) in [5, 5.41) is 3.83. The maximum Gasteiger partial charge on any atom is 0.261 e. The van der Waals surface area contributed by atoms with Crippen LogP contribution in [-0.2, 0) is 0 Å². The van der Waals surface area contributed by atoms with Gasteiger partial charge in [0.15, 0.2) is 0 Å². The molecule has 1 atom stereocenters. The molecule has 5 heteroatoms. The van der Waals surface area contributed by atoms with Gasteiger partial charge in [0.1, 0.15) is 5.82 Å². The van der Waals surface area contributed by atoms with E-state index in [1.165, 1.54) is 29.0 Å². The van der Waals surface area contributed by atoms with Crippen LogP contribution in [0.5, 0.6) is 0 Å². The Bertz CT molecular complexity index is 737. The highest BCUT2D eigenvalue weighted by Crippen LogP contribution is 2.26. The van der Waals surface area contributed by atoms with Gasteiger partial charge in [-0.05, 0) is 55.6 Å². The van der Waals surface area contributed by atoms with Crippen molar-refractivity contribution in [3.63, 3.8) is 0 Å². The lowest BCUT2D eigenvalue weighted by Crippen LogP contribution is -2.36. The number of thiophene rings is 1. The van der Waals surface area contributed by atoms with Crippen LogP contribution in [0.2, 0.25) is 0 Å². The molecular formula is C17H19FN2OS. The first kappa shape index (κ1) is 15.2. The third-order valence-corrected chi connectivity index (χ3v) is 5.17. The molecule has 1 aromatic heterocycles. The first-order valence-corrected chi connectivity index (χ1v) is 8.22. The van der Waals surface area contributed by atoms with E-state index in [1.54, 1.807) is 12.1 Å². The standard InChI is InChI=1S/C17H19FN2OS/c1-11(12-5-7-20(2)8-6-12)19-17(21)16-10-13-9-14(18)3-4-15(13)22-16/h3-5,9-11H,6-8H2,1-2H3,(H,19,21). The second-order valence-corrected chi connectivity index (χ2v) is 6.86. The minimum Gasteiger partial charge on any atom is -0.345 e. The van der Waals surface area contributed by atoms with Crippen LogP contribution in [0.15, 0.2) is 35.9 Å². The molecule has 0 radical (unpaired) electrons. The number of carbonyl (C=O) groups excluding carboxylic acids is 1. The number of amides is 1. The highest BCUT2D eigenvalue weighted by molar-refractivity contribution is 7.20. The number of nitrogens with zero attached hydrogens (tertiary/aromatic N) is 1. The van der Waals surface area contributed by atoms with E-state index in [2.05, 4.69) is 23.3 Å². The molecule has 1 aliphatic heterocycles. The third kappa shape index (κ3) is 3.20. The second kappa shape index (κ2) is 6.18. The Kier molecular flexibility index (Phi) is 4.27. The lowest BCUT2D eigenvalue weighted by Gasteiger charge is -2.25. The van der Waals surface area contributed by atoms with Crippen LogP contribution in [0.25, 0.3) is 10.1 Å². The summed E-state index contributed by atoms with van der Waals surface area (Å²) < 4.78 is 14.2. The molecule has 0 saturated heterocycles. The number of halogens is 1. The van der Waals surface area contributed by atoms with Crippen molar-refractivity contribution < 1.29 is 9.18 Å². The van der Waals surface area contributed by atoms with Gasteiger partial charge < -0.3 is 10.2 Å². The maximum atomic E-state index is 13.2. The summed E-state index contributed by atoms with van der Waals surface area (Å²) in [7, 11) is 2.09. The van der Waals surface area contributed by atoms with Crippen LogP contribution in [-0.4, -0.2) is 37.0 Å². The molecule has 0 fully saturated rings. The van der Waals surface area contributed by atoms with Crippen LogP contribution in [0, 0.1) is 5.82 Å². The van der Waals surface area contributed by atoms with Gasteiger partial charge >= 0.3 is 0 Å². The van der Waals surface area contributed by atoms with E-state index in [0.717, 1.165) is 29.6 Å². The molecule has 1 aromatic carbocycles. The van der Waals surface area contributed by atoms with Gasteiger partial charge in [0.25, 0.3) is 5.91 Å². The van der Waals surface area contributed by atoms with E-state index in [1.807, 2.05) is 6.92 Å². The minimum atomic E-state index is -0.276. The number of hydrogen-bond donors (Lipinski definition) is 1. The molecule has 3 rings (SSSR count). The van der Waals surface area contributed by atoms with E-state index in [0.29, 0.717) is 4.88 Å². The molecule has 2 heterocycles. The monoisotopic (exact) mass is 318 g/mol. The number of carbonyl (C=O) groups is 1. The van der Waals surface area contributed by atoms with Crippen molar-refractivity contribution in [2.45, 2.75) is 19.4 Å². The summed E-state index contributed by atoms with van der Waals surface area (Å²) in [6.07, 6.45) is 3.17. The smallest absolute Gasteiger partial charge is 0.261 e. The molecule has 0 spiro atoms. The lowest BCUT2D eigenvalue weighted by molar-refractivity contribution is 0.0948. The van der Waals surface area contributed by atoms with E-state index in [9.17, 15) is 9.18 Å². The zero-order chi connectivity index (χ0) is 15.7. The number of likely N-dealkylation sites (N-methyl/N-ethyl adjacent to an activating group) is 1. The van der Waals surface area contributed by atoms with Crippen molar-refractivity contribution in [2.75, 3.05) is 20.1 Å². The van der Waals surface area contributed by atoms with Crippen molar-refractivity contribution in [2.24, 2.45) is 0 Å². The lowest BCUT2D eigenvalue weighted by atomic mass is 10.0. The highest BCUT2D eigenvalue weighted by Gasteiger charge is 2.18. The fourth-order valence-corrected chi connectivity index (χ4v) is 3.61. The Labute approximate surface area is 133 Å². The van der Waals surface area contributed by atoms with Crippen molar-refractivity contribution >= 4 is 27.3 Å². The number of rotatable bonds is 3. The molecule has 1 amide bonds. The molecule has 116 valence electrons. The van der Waals surface area contributed by atoms with Crippen molar-refractivity contribution in [3.05, 3.63) is 46.6 Å². The number of benzene rings is 1. The van der Waals surface area contributed by atoms with Gasteiger partial charge in [-0.25, -0.2) is 4.39 Å². The summed E-state index contributed by atoms with van der Waals surface area (Å²) in [5.41, 5.74) is 1.28. The summed E-state index contributed by atoms with van der Waals surface area (Å²) in [6, 6.07) is 6.39. The highest BCUT2D eigenvalue weighted by atomic mass is 32.1. The van der Waals surface area contributed by atoms with E-state index in [-0.39, 0.29) is 17.8 Å². The Morgan fingerprint density at radius 1 is 1.41 bits per heavy atom. The molecule has 1 unspecified atom stereocenters. The van der Waals surface area contributed by atoms with Gasteiger partial charge in [0, 0.05) is 23.8 Å². The molecule has 0 aliphatic carbocycles. The zero-order valence-corrected chi connectivity index (χ0v) is 13.5. The topological polar surface area (TPSA) is 32.3 Å². The molecule has 22 heavy (non-hydrogen) atoms. The van der Waals surface area contributed by atoms with Gasteiger partial charge in [-0.1, -0.05) is 6.08 Å². The predicted octanol–water partition coefficient (Wildman–Crippen LogP) is 3.42. The Morgan fingerprint density at radius 3 is 2.95 bits per heavy atom. The van der Waals surface area contributed by atoms with Crippen molar-refractivity contribution in [1.82, 2.24) is 10.2 Å². The van der Waals surface area contributed by atoms with Gasteiger partial charge in [-0.15, -0.1) is 11.3 Å². The van der Waals surface area contributed by atoms with Crippen molar-refractivity contribution in [1.29, 1.82) is 0 Å². The number of fused-ring (bicyclic) bond motifs is 1. The second-order valence-electron chi connectivity index (χ2n) is 5.78. The predicted molar refractivity (Wildman–Crippen MR) is 88.9 cm³/mol. The first-order valence-electron chi connectivity index (χ1n) is 7.40. The summed E-state index contributed by atoms with van der Waals surface area (Å²) >= 11 is 1.40. The summed E-state index contributed by atoms with van der Waals surface area (Å²) in [6.45, 7) is 3.97. The zero-order valence-electron chi connectivity index (χ0n) is 12.7. The summed E-state index contributed by atoms with van der Waals surface area (Å²) in [4.78, 5) is 15.3. The third-order valence-electron chi connectivity index (χ3n) is 4.05. The van der Waals surface area contributed by atoms with Crippen LogP contribution < -0.4 is 5.32 Å². The molecule has 0 saturated carbocycles. The van der Waals surface area contributed by atoms with Crippen LogP contribution in [0.1, 0.15) is 23.0 Å². The average Bonchev–Trinajstić information content (AvgIpc) is 2.91. The molecule has 1 aliphatic rings. The van der Waals surface area contributed by atoms with Gasteiger partial charge in [-0.2, -0.15) is 0 Å². The Morgan fingerprint density at radius 2 is 2.23 bits per heavy atom. The molecule has 3 nitrogen and oxygen atoms in total. The molecule has 0 bridgehead atoms. The fourth-order valence-electron chi connectivity index (χ4n) is 2.67. The van der Waals surface area contributed by atoms with E-state index >= 15 is 0 Å². The van der Waals surface area contributed by atoms with Crippen LogP contribution >= 0.6 is 11.3 Å². The van der Waals surface area contributed by atoms with Crippen LogP contribution in [0.3, 0.4) is 0 Å². The molecule has 2 aromatic rings. The fraction of sp³-hybridized carbons (Fsp3) is 0.353. The first-order chi connectivity index (χ1) is 10.5. The normalized spacial score (nSPS) is 17.3. The molecular weight excluding hydrogens is 299 g/mol. The van der Waals surface area contributed by atoms with Gasteiger partial charge in [0.2, 0.25) is 0 Å². The average molecular weight is 318 g/mol. The van der Waals surface area contributed by atoms with Gasteiger partial charge in [-0.3, -0.25) is 4.79 Å². The van der Waals surface area contributed by atoms with E-state index < -0.39 is 0 Å². The van der Waals surface area contributed by atoms with E-state index in [4.69, 9.17) is 0 Å². The number of hydrogen-bond acceptors (Lipinski definition) is 3. The van der Waals surface area contributed by atoms with Gasteiger partial charge in [0.05, 0.1) is 4.88 Å². The van der Waals surface area contributed by atoms with Crippen molar-refractivity contribution in [3.8, 4) is 0 Å². The minimum absolute atomic E-state index is 0.0307. The SMILES string of the molecule is CC(NC(=O)c1cc2cc(F)ccc2s1)C1=CCN(C)CC1. The van der Waals surface area contributed by atoms with Crippen LogP contribution in [0.4, 0.5) is 4.39 Å². The Balaban J connectivity index is 1.72. The Hall–Kier alpha value is -1.72. The summed E-state index contributed by atoms with van der Waals surface area (Å²) in [5.74, 6) is -0.365. The quantitative estimate of drug-likeness (QED) is 0.880.